The van der Waals surface area contributed by atoms with Crippen LogP contribution in [0.2, 0.25) is 0 Å². The molecule has 0 bridgehead atoms. The molecule has 1 aliphatic rings. The second-order valence-corrected chi connectivity index (χ2v) is 5.82. The van der Waals surface area contributed by atoms with Gasteiger partial charge in [0.2, 0.25) is 0 Å². The Labute approximate surface area is 100 Å². The molecule has 0 heterocycles. The molecule has 1 atom stereocenters. The first kappa shape index (κ1) is 11.9. The lowest BCUT2D eigenvalue weighted by atomic mass is 9.78. The number of nitrogens with zero attached hydrogens (tertiary/aromatic N) is 2. The minimum Gasteiger partial charge on any atom is -0.371 e. The highest BCUT2D eigenvalue weighted by atomic mass is 32.2. The van der Waals surface area contributed by atoms with Crippen LogP contribution in [0, 0.1) is 11.3 Å². The summed E-state index contributed by atoms with van der Waals surface area (Å²) in [5.74, 6) is 0.221. The maximum absolute atomic E-state index is 11.5. The fourth-order valence-electron chi connectivity index (χ4n) is 1.66. The van der Waals surface area contributed by atoms with Crippen LogP contribution in [0.3, 0.4) is 0 Å². The number of hydrogen-bond acceptors (Lipinski definition) is 4. The second-order valence-electron chi connectivity index (χ2n) is 4.07. The molecule has 0 spiro atoms. The minimum atomic E-state index is -3.71. The molecule has 17 heavy (non-hydrogen) atoms. The summed E-state index contributed by atoms with van der Waals surface area (Å²) < 4.78 is 28.9. The first-order valence-corrected chi connectivity index (χ1v) is 6.45. The summed E-state index contributed by atoms with van der Waals surface area (Å²) in [6.45, 7) is 0. The van der Waals surface area contributed by atoms with E-state index in [1.54, 1.807) is 18.2 Å². The van der Waals surface area contributed by atoms with Crippen molar-refractivity contribution in [2.45, 2.75) is 12.3 Å². The highest BCUT2D eigenvalue weighted by molar-refractivity contribution is 7.84. The highest BCUT2D eigenvalue weighted by Gasteiger charge is 2.27. The molecule has 90 valence electrons. The van der Waals surface area contributed by atoms with Crippen molar-refractivity contribution in [3.8, 4) is 11.8 Å². The Hall–Kier alpha value is -1.58. The minimum absolute atomic E-state index is 0.0653. The van der Waals surface area contributed by atoms with Crippen LogP contribution < -0.4 is 4.18 Å². The molecular formula is C11H12N2O3S. The van der Waals surface area contributed by atoms with Gasteiger partial charge in [-0.3, -0.25) is 0 Å². The SMILES string of the molecule is CN(C)S(=O)(=O)Oc1ccc2c(c1)CC2C#N. The number of fused-ring (bicyclic) bond motifs is 1. The van der Waals surface area contributed by atoms with Gasteiger partial charge >= 0.3 is 10.3 Å². The molecule has 1 aromatic carbocycles. The molecule has 0 saturated heterocycles. The predicted molar refractivity (Wildman–Crippen MR) is 61.7 cm³/mol. The van der Waals surface area contributed by atoms with Crippen molar-refractivity contribution >= 4 is 10.3 Å². The van der Waals surface area contributed by atoms with Gasteiger partial charge < -0.3 is 4.18 Å². The highest BCUT2D eigenvalue weighted by Crippen LogP contribution is 2.36. The number of rotatable bonds is 3. The Morgan fingerprint density at radius 2 is 2.18 bits per heavy atom. The van der Waals surface area contributed by atoms with Crippen LogP contribution in [-0.4, -0.2) is 26.8 Å². The van der Waals surface area contributed by atoms with E-state index in [4.69, 9.17) is 9.44 Å². The van der Waals surface area contributed by atoms with Gasteiger partial charge in [0.15, 0.2) is 0 Å². The Balaban J connectivity index is 2.22. The summed E-state index contributed by atoms with van der Waals surface area (Å²) in [6, 6.07) is 7.16. The molecular weight excluding hydrogens is 240 g/mol. The van der Waals surface area contributed by atoms with Crippen molar-refractivity contribution in [2.24, 2.45) is 0 Å². The fraction of sp³-hybridized carbons (Fsp3) is 0.364. The summed E-state index contributed by atoms with van der Waals surface area (Å²) in [4.78, 5) is 0. The lowest BCUT2D eigenvalue weighted by Crippen LogP contribution is -2.27. The summed E-state index contributed by atoms with van der Waals surface area (Å²) in [5.41, 5.74) is 1.94. The van der Waals surface area contributed by atoms with Crippen molar-refractivity contribution in [2.75, 3.05) is 14.1 Å². The molecule has 0 radical (unpaired) electrons. The molecule has 0 aromatic heterocycles. The molecule has 0 fully saturated rings. The predicted octanol–water partition coefficient (Wildman–Crippen LogP) is 1.04. The number of hydrogen-bond donors (Lipinski definition) is 0. The van der Waals surface area contributed by atoms with Crippen molar-refractivity contribution in [3.63, 3.8) is 0 Å². The van der Waals surface area contributed by atoms with Crippen LogP contribution in [0.25, 0.3) is 0 Å². The van der Waals surface area contributed by atoms with Gasteiger partial charge in [0.25, 0.3) is 0 Å². The molecule has 1 unspecified atom stereocenters. The van der Waals surface area contributed by atoms with E-state index in [2.05, 4.69) is 6.07 Å². The first-order chi connectivity index (χ1) is 7.94. The van der Waals surface area contributed by atoms with Gasteiger partial charge in [-0.1, -0.05) is 6.07 Å². The zero-order valence-corrected chi connectivity index (χ0v) is 10.4. The maximum atomic E-state index is 11.5. The third-order valence-electron chi connectivity index (χ3n) is 2.72. The van der Waals surface area contributed by atoms with E-state index in [0.717, 1.165) is 15.4 Å². The van der Waals surface area contributed by atoms with Gasteiger partial charge in [0.05, 0.1) is 12.0 Å². The average Bonchev–Trinajstić information content (AvgIpc) is 2.21. The van der Waals surface area contributed by atoms with Crippen molar-refractivity contribution in [3.05, 3.63) is 29.3 Å². The monoisotopic (exact) mass is 252 g/mol. The van der Waals surface area contributed by atoms with Crippen LogP contribution in [0.5, 0.6) is 5.75 Å². The number of benzene rings is 1. The van der Waals surface area contributed by atoms with Crippen molar-refractivity contribution in [1.29, 1.82) is 5.26 Å². The Morgan fingerprint density at radius 1 is 1.47 bits per heavy atom. The standard InChI is InChI=1S/C11H12N2O3S/c1-13(2)17(14,15)16-10-3-4-11-8(6-10)5-9(11)7-12/h3-4,6,9H,5H2,1-2H3. The van der Waals surface area contributed by atoms with E-state index in [1.165, 1.54) is 14.1 Å². The van der Waals surface area contributed by atoms with Crippen molar-refractivity contribution < 1.29 is 12.6 Å². The van der Waals surface area contributed by atoms with Crippen LogP contribution in [0.1, 0.15) is 17.0 Å². The second kappa shape index (κ2) is 4.02. The first-order valence-electron chi connectivity index (χ1n) is 5.08. The molecule has 6 heteroatoms. The lowest BCUT2D eigenvalue weighted by molar-refractivity contribution is 0.421. The molecule has 2 rings (SSSR count). The Kier molecular flexibility index (Phi) is 2.81. The van der Waals surface area contributed by atoms with E-state index in [0.29, 0.717) is 6.42 Å². The van der Waals surface area contributed by atoms with Crippen LogP contribution >= 0.6 is 0 Å². The van der Waals surface area contributed by atoms with E-state index < -0.39 is 10.3 Å². The van der Waals surface area contributed by atoms with E-state index in [1.807, 2.05) is 0 Å². The van der Waals surface area contributed by atoms with Crippen LogP contribution in [-0.2, 0) is 16.7 Å². The largest absolute Gasteiger partial charge is 0.384 e. The molecule has 0 N–H and O–H groups in total. The molecule has 0 saturated carbocycles. The molecule has 0 aliphatic heterocycles. The van der Waals surface area contributed by atoms with Crippen LogP contribution in [0.15, 0.2) is 18.2 Å². The normalized spacial score (nSPS) is 18.1. The molecule has 1 aliphatic carbocycles. The topological polar surface area (TPSA) is 70.4 Å². The third-order valence-corrected chi connectivity index (χ3v) is 4.02. The number of nitriles is 1. The summed E-state index contributed by atoms with van der Waals surface area (Å²) in [7, 11) is -0.898. The van der Waals surface area contributed by atoms with E-state index >= 15 is 0 Å². The van der Waals surface area contributed by atoms with Gasteiger partial charge in [-0.05, 0) is 29.7 Å². The van der Waals surface area contributed by atoms with Gasteiger partial charge in [0, 0.05) is 14.1 Å². The van der Waals surface area contributed by atoms with Gasteiger partial charge in [-0.25, -0.2) is 0 Å². The van der Waals surface area contributed by atoms with E-state index in [9.17, 15) is 8.42 Å². The quantitative estimate of drug-likeness (QED) is 0.805. The lowest BCUT2D eigenvalue weighted by Gasteiger charge is -2.25. The third kappa shape index (κ3) is 2.12. The zero-order chi connectivity index (χ0) is 12.6. The maximum Gasteiger partial charge on any atom is 0.384 e. The van der Waals surface area contributed by atoms with E-state index in [-0.39, 0.29) is 11.7 Å². The Morgan fingerprint density at radius 3 is 2.71 bits per heavy atom. The van der Waals surface area contributed by atoms with Gasteiger partial charge in [-0.15, -0.1) is 0 Å². The summed E-state index contributed by atoms with van der Waals surface area (Å²) in [5, 5.41) is 8.78. The van der Waals surface area contributed by atoms with Gasteiger partial charge in [0.1, 0.15) is 5.75 Å². The van der Waals surface area contributed by atoms with Crippen LogP contribution in [0.4, 0.5) is 0 Å². The fourth-order valence-corrected chi connectivity index (χ4v) is 2.16. The molecule has 1 aromatic rings. The van der Waals surface area contributed by atoms with Crippen molar-refractivity contribution in [1.82, 2.24) is 4.31 Å². The smallest absolute Gasteiger partial charge is 0.371 e. The molecule has 0 amide bonds. The Bertz CT molecular complexity index is 587. The average molecular weight is 252 g/mol. The summed E-state index contributed by atoms with van der Waals surface area (Å²) >= 11 is 0. The summed E-state index contributed by atoms with van der Waals surface area (Å²) in [6.07, 6.45) is 0.658. The molecule has 5 nitrogen and oxygen atoms in total. The van der Waals surface area contributed by atoms with Gasteiger partial charge in [-0.2, -0.15) is 18.0 Å². The zero-order valence-electron chi connectivity index (χ0n) is 9.54.